The van der Waals surface area contributed by atoms with Crippen LogP contribution in [-0.4, -0.2) is 59.1 Å². The maximum absolute atomic E-state index is 5.45. The van der Waals surface area contributed by atoms with Crippen molar-refractivity contribution >= 4 is 11.6 Å². The number of nitrogens with zero attached hydrogens (tertiary/aromatic N) is 2. The van der Waals surface area contributed by atoms with Crippen LogP contribution < -0.4 is 15.5 Å². The molecular weight excluding hydrogens is 304 g/mol. The van der Waals surface area contributed by atoms with Gasteiger partial charge in [0.2, 0.25) is 0 Å². The van der Waals surface area contributed by atoms with Gasteiger partial charge < -0.3 is 25.0 Å². The molecule has 1 aliphatic rings. The van der Waals surface area contributed by atoms with Gasteiger partial charge in [0.05, 0.1) is 13.2 Å². The van der Waals surface area contributed by atoms with Crippen LogP contribution in [0.1, 0.15) is 18.9 Å². The van der Waals surface area contributed by atoms with Gasteiger partial charge in [0, 0.05) is 52.1 Å². The maximum Gasteiger partial charge on any atom is 0.191 e. The molecule has 1 heterocycles. The van der Waals surface area contributed by atoms with Crippen molar-refractivity contribution in [3.8, 4) is 0 Å². The van der Waals surface area contributed by atoms with Crippen LogP contribution in [0.15, 0.2) is 29.3 Å². The molecule has 0 saturated carbocycles. The van der Waals surface area contributed by atoms with E-state index in [4.69, 9.17) is 9.47 Å². The average Bonchev–Trinajstić information content (AvgIpc) is 2.65. The zero-order valence-corrected chi connectivity index (χ0v) is 14.9. The molecule has 0 aliphatic carbocycles. The van der Waals surface area contributed by atoms with Crippen molar-refractivity contribution in [3.05, 3.63) is 29.8 Å². The van der Waals surface area contributed by atoms with Gasteiger partial charge in [0.15, 0.2) is 5.96 Å². The van der Waals surface area contributed by atoms with E-state index < -0.39 is 0 Å². The fraction of sp³-hybridized carbons (Fsp3) is 0.611. The highest BCUT2D eigenvalue weighted by atomic mass is 16.5. The molecule has 1 fully saturated rings. The number of nitrogens with one attached hydrogen (secondary N) is 2. The molecule has 6 heteroatoms. The highest BCUT2D eigenvalue weighted by Gasteiger charge is 2.14. The highest BCUT2D eigenvalue weighted by molar-refractivity contribution is 5.79. The number of hydrogen-bond acceptors (Lipinski definition) is 4. The van der Waals surface area contributed by atoms with E-state index in [9.17, 15) is 0 Å². The maximum atomic E-state index is 5.45. The third kappa shape index (κ3) is 6.02. The van der Waals surface area contributed by atoms with Crippen LogP contribution in [0.3, 0.4) is 0 Å². The van der Waals surface area contributed by atoms with Gasteiger partial charge in [-0.25, -0.2) is 0 Å². The first kappa shape index (κ1) is 18.5. The Balaban J connectivity index is 1.84. The monoisotopic (exact) mass is 334 g/mol. The van der Waals surface area contributed by atoms with Crippen molar-refractivity contribution in [2.45, 2.75) is 19.9 Å². The van der Waals surface area contributed by atoms with E-state index in [1.807, 2.05) is 6.92 Å². The number of aliphatic imine (C=N–C) groups is 1. The minimum Gasteiger partial charge on any atom is -0.382 e. The second-order valence-corrected chi connectivity index (χ2v) is 5.63. The van der Waals surface area contributed by atoms with Gasteiger partial charge in [-0.3, -0.25) is 4.99 Å². The zero-order valence-electron chi connectivity index (χ0n) is 14.9. The summed E-state index contributed by atoms with van der Waals surface area (Å²) < 4.78 is 10.8. The van der Waals surface area contributed by atoms with Crippen molar-refractivity contribution in [2.75, 3.05) is 58.0 Å². The van der Waals surface area contributed by atoms with Crippen molar-refractivity contribution in [3.63, 3.8) is 0 Å². The fourth-order valence-corrected chi connectivity index (χ4v) is 2.70. The zero-order chi connectivity index (χ0) is 17.0. The van der Waals surface area contributed by atoms with Gasteiger partial charge in [0.1, 0.15) is 0 Å². The molecule has 1 aromatic rings. The van der Waals surface area contributed by atoms with Gasteiger partial charge in [-0.2, -0.15) is 0 Å². The number of anilines is 1. The Hall–Kier alpha value is -1.79. The van der Waals surface area contributed by atoms with E-state index in [0.29, 0.717) is 0 Å². The van der Waals surface area contributed by atoms with Crippen LogP contribution >= 0.6 is 0 Å². The van der Waals surface area contributed by atoms with Gasteiger partial charge in [-0.15, -0.1) is 0 Å². The van der Waals surface area contributed by atoms with Crippen LogP contribution in [0.4, 0.5) is 5.69 Å². The highest BCUT2D eigenvalue weighted by Crippen LogP contribution is 2.21. The number of morpholine rings is 1. The predicted octanol–water partition coefficient (Wildman–Crippen LogP) is 1.61. The Kier molecular flexibility index (Phi) is 8.41. The van der Waals surface area contributed by atoms with Crippen LogP contribution in [0.5, 0.6) is 0 Å². The third-order valence-corrected chi connectivity index (χ3v) is 3.98. The molecule has 6 nitrogen and oxygen atoms in total. The van der Waals surface area contributed by atoms with Gasteiger partial charge in [0.25, 0.3) is 0 Å². The summed E-state index contributed by atoms with van der Waals surface area (Å²) >= 11 is 0. The largest absolute Gasteiger partial charge is 0.382 e. The molecule has 134 valence electrons. The summed E-state index contributed by atoms with van der Waals surface area (Å²) in [5.41, 5.74) is 2.55. The first-order valence-electron chi connectivity index (χ1n) is 8.78. The first-order valence-corrected chi connectivity index (χ1v) is 8.78. The number of benzene rings is 1. The molecule has 0 aromatic heterocycles. The minimum absolute atomic E-state index is 0.749. The van der Waals surface area contributed by atoms with E-state index >= 15 is 0 Å². The molecule has 1 aliphatic heterocycles. The summed E-state index contributed by atoms with van der Waals surface area (Å²) in [6, 6.07) is 8.52. The molecule has 0 unspecified atom stereocenters. The summed E-state index contributed by atoms with van der Waals surface area (Å²) in [7, 11) is 1.80. The van der Waals surface area contributed by atoms with Crippen molar-refractivity contribution in [1.29, 1.82) is 0 Å². The van der Waals surface area contributed by atoms with Crippen molar-refractivity contribution in [1.82, 2.24) is 10.6 Å². The van der Waals surface area contributed by atoms with Crippen molar-refractivity contribution < 1.29 is 9.47 Å². The van der Waals surface area contributed by atoms with Crippen LogP contribution in [0.25, 0.3) is 0 Å². The number of hydrogen-bond donors (Lipinski definition) is 2. The molecule has 24 heavy (non-hydrogen) atoms. The topological polar surface area (TPSA) is 58.1 Å². The Labute approximate surface area is 145 Å². The molecule has 0 bridgehead atoms. The molecule has 1 saturated heterocycles. The van der Waals surface area contributed by atoms with Gasteiger partial charge in [-0.1, -0.05) is 18.2 Å². The SMILES string of the molecule is CCOCCCNC(=NC)NCc1ccccc1N1CCOCC1. The molecule has 0 spiro atoms. The number of guanidine groups is 1. The lowest BCUT2D eigenvalue weighted by Gasteiger charge is -2.30. The van der Waals surface area contributed by atoms with E-state index in [1.165, 1.54) is 11.3 Å². The molecule has 2 rings (SSSR count). The van der Waals surface area contributed by atoms with Gasteiger partial charge in [-0.05, 0) is 25.0 Å². The third-order valence-electron chi connectivity index (χ3n) is 3.98. The fourth-order valence-electron chi connectivity index (χ4n) is 2.70. The summed E-state index contributed by atoms with van der Waals surface area (Å²) in [5, 5.41) is 6.72. The normalized spacial score (nSPS) is 15.4. The molecule has 1 aromatic carbocycles. The lowest BCUT2D eigenvalue weighted by molar-refractivity contribution is 0.122. The number of rotatable bonds is 8. The van der Waals surface area contributed by atoms with E-state index in [-0.39, 0.29) is 0 Å². The molecule has 0 radical (unpaired) electrons. The first-order chi connectivity index (χ1) is 11.8. The molecule has 0 amide bonds. The standard InChI is InChI=1S/C18H30N4O2/c1-3-23-12-6-9-20-18(19-2)21-15-16-7-4-5-8-17(16)22-10-13-24-14-11-22/h4-5,7-8H,3,6,9-15H2,1-2H3,(H2,19,20,21). The van der Waals surface area contributed by atoms with E-state index in [1.54, 1.807) is 7.05 Å². The summed E-state index contributed by atoms with van der Waals surface area (Å²) in [5.74, 6) is 0.822. The molecule has 2 N–H and O–H groups in total. The second-order valence-electron chi connectivity index (χ2n) is 5.63. The Morgan fingerprint density at radius 3 is 2.79 bits per heavy atom. The smallest absolute Gasteiger partial charge is 0.191 e. The van der Waals surface area contributed by atoms with Crippen LogP contribution in [0, 0.1) is 0 Å². The minimum atomic E-state index is 0.749. The second kappa shape index (κ2) is 10.9. The summed E-state index contributed by atoms with van der Waals surface area (Å²) in [4.78, 5) is 6.67. The van der Waals surface area contributed by atoms with Gasteiger partial charge >= 0.3 is 0 Å². The lowest BCUT2D eigenvalue weighted by Crippen LogP contribution is -2.39. The Bertz CT molecular complexity index is 502. The Morgan fingerprint density at radius 1 is 1.25 bits per heavy atom. The number of para-hydroxylation sites is 1. The van der Waals surface area contributed by atoms with E-state index in [2.05, 4.69) is 44.8 Å². The summed E-state index contributed by atoms with van der Waals surface area (Å²) in [6.07, 6.45) is 0.971. The molecular formula is C18H30N4O2. The predicted molar refractivity (Wildman–Crippen MR) is 98.8 cm³/mol. The quantitative estimate of drug-likeness (QED) is 0.430. The van der Waals surface area contributed by atoms with Crippen LogP contribution in [0.2, 0.25) is 0 Å². The Morgan fingerprint density at radius 2 is 2.04 bits per heavy atom. The van der Waals surface area contributed by atoms with Crippen LogP contribution in [-0.2, 0) is 16.0 Å². The average molecular weight is 334 g/mol. The van der Waals surface area contributed by atoms with Crippen molar-refractivity contribution in [2.24, 2.45) is 4.99 Å². The number of ether oxygens (including phenoxy) is 2. The summed E-state index contributed by atoms with van der Waals surface area (Å²) in [6.45, 7) is 8.65. The lowest BCUT2D eigenvalue weighted by atomic mass is 10.1. The molecule has 0 atom stereocenters. The van der Waals surface area contributed by atoms with E-state index in [0.717, 1.165) is 65.0 Å².